The topological polar surface area (TPSA) is 162 Å². The number of quaternary nitrogens is 1. The van der Waals surface area contributed by atoms with E-state index in [0.29, 0.717) is 6.42 Å². The normalized spacial score (nSPS) is 13.8. The summed E-state index contributed by atoms with van der Waals surface area (Å²) in [5.74, 6) is -6.32. The molecule has 0 heterocycles. The molecule has 7 N–H and O–H groups in total. The molecule has 0 fully saturated rings. The van der Waals surface area contributed by atoms with E-state index >= 15 is 0 Å². The number of carboxylic acid groups (broad SMARTS) is 2. The number of rotatable bonds is 11. The molecular formula is C18H41N2O6+. The summed E-state index contributed by atoms with van der Waals surface area (Å²) >= 11 is 0. The Balaban J connectivity index is -0.000000367. The van der Waals surface area contributed by atoms with Gasteiger partial charge in [0.15, 0.2) is 0 Å². The lowest BCUT2D eigenvalue weighted by atomic mass is 9.82. The van der Waals surface area contributed by atoms with E-state index in [2.05, 4.69) is 5.73 Å². The average molecular weight is 382 g/mol. The Labute approximate surface area is 158 Å². The van der Waals surface area contributed by atoms with E-state index in [1.54, 1.807) is 6.92 Å². The van der Waals surface area contributed by atoms with Gasteiger partial charge >= 0.3 is 17.8 Å². The number of aliphatic carboxylic acids is 2. The predicted octanol–water partition coefficient (Wildman–Crippen LogP) is 2.02. The molecule has 0 aliphatic heterocycles. The van der Waals surface area contributed by atoms with Crippen LogP contribution in [0.1, 0.15) is 69.2 Å². The molecule has 26 heavy (non-hydrogen) atoms. The molecule has 0 aliphatic rings. The Morgan fingerprint density at radius 3 is 1.54 bits per heavy atom. The lowest BCUT2D eigenvalue weighted by molar-refractivity contribution is -0.312. The van der Waals surface area contributed by atoms with Crippen LogP contribution in [-0.4, -0.2) is 34.0 Å². The fourth-order valence-electron chi connectivity index (χ4n) is 2.36. The summed E-state index contributed by atoms with van der Waals surface area (Å²) in [6.45, 7) is 3.18. The molecule has 4 unspecified atom stereocenters. The molecular weight excluding hydrogens is 340 g/mol. The van der Waals surface area contributed by atoms with E-state index in [1.165, 1.54) is 6.92 Å². The molecule has 158 valence electrons. The molecule has 0 saturated heterocycles. The Morgan fingerprint density at radius 1 is 0.846 bits per heavy atom. The smallest absolute Gasteiger partial charge is 0.311 e. The fraction of sp³-hybridized carbons (Fsp3) is 0.778. The first-order valence-electron chi connectivity index (χ1n) is 7.20. The zero-order valence-corrected chi connectivity index (χ0v) is 12.9. The van der Waals surface area contributed by atoms with Gasteiger partial charge in [0.05, 0.1) is 17.8 Å². The molecule has 8 heteroatoms. The van der Waals surface area contributed by atoms with Crippen LogP contribution in [0, 0.1) is 23.7 Å². The van der Waals surface area contributed by atoms with E-state index in [0.717, 1.165) is 0 Å². The molecule has 4 atom stereocenters. The molecule has 0 rings (SSSR count). The predicted molar refractivity (Wildman–Crippen MR) is 103 cm³/mol. The number of carbonyl (C=O) groups excluding carboxylic acids is 2. The van der Waals surface area contributed by atoms with E-state index in [1.807, 2.05) is 0 Å². The van der Waals surface area contributed by atoms with Crippen molar-refractivity contribution >= 4 is 23.8 Å². The summed E-state index contributed by atoms with van der Waals surface area (Å²) in [5.41, 5.74) is 8.50. The molecule has 8 nitrogen and oxygen atoms in total. The lowest BCUT2D eigenvalue weighted by Gasteiger charge is -2.21. The van der Waals surface area contributed by atoms with E-state index in [4.69, 9.17) is 10.8 Å². The molecule has 0 spiro atoms. The number of amides is 2. The first-order chi connectivity index (χ1) is 10.1. The van der Waals surface area contributed by atoms with Gasteiger partial charge in [-0.15, -0.1) is 0 Å². The summed E-state index contributed by atoms with van der Waals surface area (Å²) < 4.78 is 0. The van der Waals surface area contributed by atoms with Crippen LogP contribution in [0.25, 0.3) is 0 Å². The number of primary amides is 1. The quantitative estimate of drug-likeness (QED) is 0.428. The highest BCUT2D eigenvalue weighted by Crippen LogP contribution is 2.26. The summed E-state index contributed by atoms with van der Waals surface area (Å²) in [6.07, 6.45) is 0.425. The van der Waals surface area contributed by atoms with Gasteiger partial charge in [-0.05, 0) is 25.7 Å². The minimum absolute atomic E-state index is 0. The van der Waals surface area contributed by atoms with Crippen LogP contribution in [0.4, 0.5) is 0 Å². The highest BCUT2D eigenvalue weighted by atomic mass is 16.4. The molecule has 0 aromatic carbocycles. The SMILES string of the molecule is C.C.C.C.CCC(CC(CC(CC(C)C(=O)O)C([NH3+])=O)C(=O)O)C(N)=O. The van der Waals surface area contributed by atoms with Crippen LogP contribution < -0.4 is 11.5 Å². The maximum Gasteiger partial charge on any atom is 0.311 e. The van der Waals surface area contributed by atoms with Crippen LogP contribution in [0.2, 0.25) is 0 Å². The molecule has 0 radical (unpaired) electrons. The molecule has 0 aromatic heterocycles. The van der Waals surface area contributed by atoms with Gasteiger partial charge in [-0.2, -0.15) is 0 Å². The lowest BCUT2D eigenvalue weighted by Crippen LogP contribution is -2.61. The first kappa shape index (κ1) is 35.2. The number of hydrogen-bond donors (Lipinski definition) is 4. The third-order valence-corrected chi connectivity index (χ3v) is 3.90. The number of hydrogen-bond acceptors (Lipinski definition) is 4. The standard InChI is InChI=1S/C14H24N2O6.4CH4/c1-3-8(11(15)17)5-10(14(21)22)6-9(12(16)18)4-7(2)13(19)20;;;;/h7-10H,3-6H2,1-2H3,(H2,15,17)(H2,16,18)(H,19,20)(H,21,22);4*1H4/p+1. The number of carboxylic acids is 2. The average Bonchev–Trinajstić information content (AvgIpc) is 2.40. The molecule has 0 saturated carbocycles. The highest BCUT2D eigenvalue weighted by molar-refractivity contribution is 5.78. The van der Waals surface area contributed by atoms with Crippen molar-refractivity contribution in [2.45, 2.75) is 69.2 Å². The van der Waals surface area contributed by atoms with Gasteiger partial charge in [-0.25, -0.2) is 4.79 Å². The number of nitrogens with two attached hydrogens (primary N) is 1. The van der Waals surface area contributed by atoms with Gasteiger partial charge < -0.3 is 15.9 Å². The Hall–Kier alpha value is -1.96. The van der Waals surface area contributed by atoms with Crippen LogP contribution in [-0.2, 0) is 19.2 Å². The summed E-state index contributed by atoms with van der Waals surface area (Å²) in [7, 11) is 0. The molecule has 0 aliphatic carbocycles. The summed E-state index contributed by atoms with van der Waals surface area (Å²) in [6, 6.07) is 0. The Morgan fingerprint density at radius 2 is 1.27 bits per heavy atom. The van der Waals surface area contributed by atoms with Gasteiger partial charge in [-0.1, -0.05) is 43.6 Å². The second kappa shape index (κ2) is 16.5. The van der Waals surface area contributed by atoms with Crippen LogP contribution in [0.15, 0.2) is 0 Å². The van der Waals surface area contributed by atoms with Gasteiger partial charge in [-0.3, -0.25) is 20.1 Å². The zero-order valence-electron chi connectivity index (χ0n) is 12.9. The number of carbonyl (C=O) groups is 4. The van der Waals surface area contributed by atoms with Crippen molar-refractivity contribution < 1.29 is 35.1 Å². The highest BCUT2D eigenvalue weighted by Gasteiger charge is 2.32. The third-order valence-electron chi connectivity index (χ3n) is 3.90. The maximum absolute atomic E-state index is 11.6. The van der Waals surface area contributed by atoms with Crippen LogP contribution in [0.5, 0.6) is 0 Å². The largest absolute Gasteiger partial charge is 0.481 e. The maximum atomic E-state index is 11.6. The van der Waals surface area contributed by atoms with Crippen molar-refractivity contribution in [2.24, 2.45) is 29.4 Å². The van der Waals surface area contributed by atoms with E-state index in [9.17, 15) is 24.3 Å². The van der Waals surface area contributed by atoms with Crippen molar-refractivity contribution in [1.29, 1.82) is 0 Å². The molecule has 0 aromatic rings. The van der Waals surface area contributed by atoms with Crippen molar-refractivity contribution in [2.75, 3.05) is 0 Å². The third kappa shape index (κ3) is 12.4. The summed E-state index contributed by atoms with van der Waals surface area (Å²) in [5, 5.41) is 18.2. The van der Waals surface area contributed by atoms with Crippen molar-refractivity contribution in [3.63, 3.8) is 0 Å². The Bertz CT molecular complexity index is 439. The summed E-state index contributed by atoms with van der Waals surface area (Å²) in [4.78, 5) is 45.0. The zero-order chi connectivity index (χ0) is 17.4. The Kier molecular flexibility index (Phi) is 22.3. The minimum Gasteiger partial charge on any atom is -0.481 e. The van der Waals surface area contributed by atoms with Crippen LogP contribution in [0.3, 0.4) is 0 Å². The fourth-order valence-corrected chi connectivity index (χ4v) is 2.36. The second-order valence-corrected chi connectivity index (χ2v) is 5.65. The molecule has 0 bridgehead atoms. The van der Waals surface area contributed by atoms with Gasteiger partial charge in [0.1, 0.15) is 0 Å². The van der Waals surface area contributed by atoms with Gasteiger partial charge in [0.25, 0.3) is 0 Å². The van der Waals surface area contributed by atoms with Crippen LogP contribution >= 0.6 is 0 Å². The monoisotopic (exact) mass is 381 g/mol. The van der Waals surface area contributed by atoms with Gasteiger partial charge in [0.2, 0.25) is 5.91 Å². The minimum atomic E-state index is -1.13. The van der Waals surface area contributed by atoms with Crippen molar-refractivity contribution in [3.05, 3.63) is 0 Å². The van der Waals surface area contributed by atoms with Gasteiger partial charge in [0, 0.05) is 5.92 Å². The van der Waals surface area contributed by atoms with Crippen molar-refractivity contribution in [1.82, 2.24) is 0 Å². The second-order valence-electron chi connectivity index (χ2n) is 5.65. The first-order valence-corrected chi connectivity index (χ1v) is 7.20. The van der Waals surface area contributed by atoms with E-state index < -0.39 is 47.4 Å². The van der Waals surface area contributed by atoms with Crippen molar-refractivity contribution in [3.8, 4) is 0 Å². The van der Waals surface area contributed by atoms with E-state index in [-0.39, 0.29) is 49.0 Å². The molecule has 2 amide bonds.